The maximum Gasteiger partial charge on any atom is 0.405 e. The van der Waals surface area contributed by atoms with E-state index in [1.165, 1.54) is 0 Å². The molecule has 0 aromatic rings. The number of hydrogen-bond donors (Lipinski definition) is 3. The predicted octanol–water partition coefficient (Wildman–Crippen LogP) is -0.806. The van der Waals surface area contributed by atoms with Crippen LogP contribution in [0.2, 0.25) is 0 Å². The fraction of sp³-hybridized carbons (Fsp3) is 0.875. The van der Waals surface area contributed by atoms with Gasteiger partial charge in [0.2, 0.25) is 15.9 Å². The average Bonchev–Trinajstić information content (AvgIpc) is 2.17. The lowest BCUT2D eigenvalue weighted by molar-refractivity contribution is -0.137. The molecule has 0 heterocycles. The van der Waals surface area contributed by atoms with Crippen molar-refractivity contribution in [3.05, 3.63) is 0 Å². The minimum absolute atomic E-state index is 0.204. The van der Waals surface area contributed by atoms with Crippen LogP contribution in [0.15, 0.2) is 0 Å². The van der Waals surface area contributed by atoms with Crippen molar-refractivity contribution < 1.29 is 26.4 Å². The summed E-state index contributed by atoms with van der Waals surface area (Å²) in [5, 5.41) is 4.29. The predicted molar refractivity (Wildman–Crippen MR) is 59.4 cm³/mol. The number of halogens is 3. The van der Waals surface area contributed by atoms with Gasteiger partial charge in [-0.15, -0.1) is 0 Å². The van der Waals surface area contributed by atoms with E-state index in [9.17, 15) is 26.4 Å². The molecule has 10 heteroatoms. The van der Waals surface area contributed by atoms with Gasteiger partial charge in [0.1, 0.15) is 6.54 Å². The van der Waals surface area contributed by atoms with Gasteiger partial charge < -0.3 is 10.6 Å². The van der Waals surface area contributed by atoms with Gasteiger partial charge in [-0.3, -0.25) is 4.79 Å². The lowest BCUT2D eigenvalue weighted by Crippen LogP contribution is -2.39. The van der Waals surface area contributed by atoms with Crippen molar-refractivity contribution in [1.29, 1.82) is 0 Å². The number of carbonyl (C=O) groups excluding carboxylic acids is 1. The largest absolute Gasteiger partial charge is 0.405 e. The Morgan fingerprint density at radius 3 is 2.33 bits per heavy atom. The fourth-order valence-electron chi connectivity index (χ4n) is 0.934. The molecule has 0 aromatic heterocycles. The molecule has 0 aliphatic heterocycles. The van der Waals surface area contributed by atoms with Crippen LogP contribution in [-0.2, 0) is 14.8 Å². The Morgan fingerprint density at radius 2 is 1.83 bits per heavy atom. The average molecular weight is 291 g/mol. The normalized spacial score (nSPS) is 12.4. The molecular formula is C8H16F3N3O3S. The third-order valence-electron chi connectivity index (χ3n) is 1.67. The van der Waals surface area contributed by atoms with E-state index in [0.29, 0.717) is 13.0 Å². The van der Waals surface area contributed by atoms with Gasteiger partial charge in [-0.05, 0) is 13.0 Å². The number of sulfonamides is 1. The van der Waals surface area contributed by atoms with E-state index >= 15 is 0 Å². The molecule has 0 bridgehead atoms. The summed E-state index contributed by atoms with van der Waals surface area (Å²) in [4.78, 5) is 10.9. The first-order valence-electron chi connectivity index (χ1n) is 5.09. The molecule has 0 saturated heterocycles. The zero-order chi connectivity index (χ0) is 14.2. The Kier molecular flexibility index (Phi) is 7.18. The van der Waals surface area contributed by atoms with Crippen molar-refractivity contribution in [1.82, 2.24) is 15.4 Å². The summed E-state index contributed by atoms with van der Waals surface area (Å²) in [6, 6.07) is 0. The fourth-order valence-corrected chi connectivity index (χ4v) is 1.45. The third-order valence-corrected chi connectivity index (χ3v) is 2.39. The van der Waals surface area contributed by atoms with Crippen LogP contribution < -0.4 is 15.4 Å². The monoisotopic (exact) mass is 291 g/mol. The highest BCUT2D eigenvalue weighted by Crippen LogP contribution is 2.11. The molecule has 3 N–H and O–H groups in total. The van der Waals surface area contributed by atoms with E-state index in [4.69, 9.17) is 0 Å². The molecule has 108 valence electrons. The summed E-state index contributed by atoms with van der Waals surface area (Å²) in [5.74, 6) is -0.761. The summed E-state index contributed by atoms with van der Waals surface area (Å²) in [7, 11) is -3.23. The lowest BCUT2D eigenvalue weighted by atomic mass is 10.4. The van der Waals surface area contributed by atoms with Gasteiger partial charge in [-0.25, -0.2) is 13.1 Å². The standard InChI is InChI=1S/C8H16F3N3O3S/c1-18(16,17)14-4-2-3-12-5-7(15)13-6-8(9,10)11/h12,14H,2-6H2,1H3,(H,13,15). The molecule has 0 aromatic carbocycles. The van der Waals surface area contributed by atoms with E-state index in [1.807, 2.05) is 0 Å². The zero-order valence-electron chi connectivity index (χ0n) is 9.80. The first kappa shape index (κ1) is 17.1. The summed E-state index contributed by atoms with van der Waals surface area (Å²) >= 11 is 0. The second-order valence-electron chi connectivity index (χ2n) is 3.59. The first-order valence-corrected chi connectivity index (χ1v) is 6.98. The van der Waals surface area contributed by atoms with Crippen LogP contribution in [0.25, 0.3) is 0 Å². The maximum atomic E-state index is 11.7. The smallest absolute Gasteiger partial charge is 0.346 e. The Morgan fingerprint density at radius 1 is 1.22 bits per heavy atom. The molecule has 0 aliphatic carbocycles. The summed E-state index contributed by atoms with van der Waals surface area (Å²) in [6.45, 7) is -1.07. The SMILES string of the molecule is CS(=O)(=O)NCCCNCC(=O)NCC(F)(F)F. The Hall–Kier alpha value is -0.870. The molecule has 1 amide bonds. The van der Waals surface area contributed by atoms with Crippen LogP contribution in [0, 0.1) is 0 Å². The number of amides is 1. The molecule has 0 radical (unpaired) electrons. The molecule has 0 fully saturated rings. The summed E-state index contributed by atoms with van der Waals surface area (Å²) in [6.07, 6.45) is -2.97. The molecule has 18 heavy (non-hydrogen) atoms. The van der Waals surface area contributed by atoms with Crippen molar-refractivity contribution in [2.24, 2.45) is 0 Å². The third kappa shape index (κ3) is 13.2. The van der Waals surface area contributed by atoms with Gasteiger partial charge in [-0.2, -0.15) is 13.2 Å². The van der Waals surface area contributed by atoms with Crippen LogP contribution in [0.4, 0.5) is 13.2 Å². The molecule has 6 nitrogen and oxygen atoms in total. The van der Waals surface area contributed by atoms with Gasteiger partial charge in [-0.1, -0.05) is 0 Å². The lowest BCUT2D eigenvalue weighted by Gasteiger charge is -2.09. The van der Waals surface area contributed by atoms with Gasteiger partial charge in [0.15, 0.2) is 0 Å². The second kappa shape index (κ2) is 7.54. The Balaban J connectivity index is 3.47. The van der Waals surface area contributed by atoms with Crippen molar-refractivity contribution >= 4 is 15.9 Å². The molecular weight excluding hydrogens is 275 g/mol. The van der Waals surface area contributed by atoms with E-state index in [0.717, 1.165) is 6.26 Å². The van der Waals surface area contributed by atoms with Crippen LogP contribution in [-0.4, -0.2) is 52.9 Å². The topological polar surface area (TPSA) is 87.3 Å². The second-order valence-corrected chi connectivity index (χ2v) is 5.42. The molecule has 0 rings (SSSR count). The molecule has 0 spiro atoms. The van der Waals surface area contributed by atoms with Gasteiger partial charge >= 0.3 is 6.18 Å². The van der Waals surface area contributed by atoms with E-state index < -0.39 is 28.7 Å². The highest BCUT2D eigenvalue weighted by Gasteiger charge is 2.27. The van der Waals surface area contributed by atoms with Crippen molar-refractivity contribution in [2.45, 2.75) is 12.6 Å². The Labute approximate surface area is 103 Å². The minimum atomic E-state index is -4.42. The van der Waals surface area contributed by atoms with Crippen LogP contribution in [0.5, 0.6) is 0 Å². The number of hydrogen-bond acceptors (Lipinski definition) is 4. The number of rotatable bonds is 8. The highest BCUT2D eigenvalue weighted by molar-refractivity contribution is 7.88. The summed E-state index contributed by atoms with van der Waals surface area (Å²) in [5.41, 5.74) is 0. The molecule has 0 aliphatic rings. The van der Waals surface area contributed by atoms with Crippen molar-refractivity contribution in [3.8, 4) is 0 Å². The van der Waals surface area contributed by atoms with Gasteiger partial charge in [0.05, 0.1) is 12.8 Å². The molecule has 0 unspecified atom stereocenters. The van der Waals surface area contributed by atoms with E-state index in [-0.39, 0.29) is 13.1 Å². The van der Waals surface area contributed by atoms with Crippen molar-refractivity contribution in [3.63, 3.8) is 0 Å². The minimum Gasteiger partial charge on any atom is -0.346 e. The van der Waals surface area contributed by atoms with Crippen molar-refractivity contribution in [2.75, 3.05) is 32.4 Å². The number of nitrogens with one attached hydrogen (secondary N) is 3. The molecule has 0 atom stereocenters. The van der Waals surface area contributed by atoms with Crippen LogP contribution >= 0.6 is 0 Å². The Bertz CT molecular complexity index is 356. The van der Waals surface area contributed by atoms with Crippen LogP contribution in [0.1, 0.15) is 6.42 Å². The maximum absolute atomic E-state index is 11.7. The quantitative estimate of drug-likeness (QED) is 0.511. The van der Waals surface area contributed by atoms with E-state index in [1.54, 1.807) is 5.32 Å². The summed E-state index contributed by atoms with van der Waals surface area (Å²) < 4.78 is 58.7. The van der Waals surface area contributed by atoms with Gasteiger partial charge in [0, 0.05) is 6.54 Å². The molecule has 0 saturated carbocycles. The number of alkyl halides is 3. The van der Waals surface area contributed by atoms with Gasteiger partial charge in [0.25, 0.3) is 0 Å². The van der Waals surface area contributed by atoms with E-state index in [2.05, 4.69) is 10.0 Å². The van der Waals surface area contributed by atoms with Crippen LogP contribution in [0.3, 0.4) is 0 Å². The highest BCUT2D eigenvalue weighted by atomic mass is 32.2. The first-order chi connectivity index (χ1) is 8.10. The zero-order valence-corrected chi connectivity index (χ0v) is 10.6. The number of carbonyl (C=O) groups is 1.